The van der Waals surface area contributed by atoms with Crippen LogP contribution in [-0.4, -0.2) is 4.98 Å². The van der Waals surface area contributed by atoms with Crippen molar-refractivity contribution in [2.75, 3.05) is 0 Å². The third-order valence-corrected chi connectivity index (χ3v) is 2.16. The zero-order valence-corrected chi connectivity index (χ0v) is 11.6. The third kappa shape index (κ3) is 3.98. The molecule has 0 saturated carbocycles. The van der Waals surface area contributed by atoms with Crippen LogP contribution in [-0.2, 0) is 6.54 Å². The van der Waals surface area contributed by atoms with Crippen LogP contribution >= 0.6 is 49.9 Å². The number of pyridine rings is 1. The molecule has 0 fully saturated rings. The van der Waals surface area contributed by atoms with Crippen molar-refractivity contribution >= 4 is 49.9 Å². The van der Waals surface area contributed by atoms with Crippen LogP contribution in [0.2, 0.25) is 0 Å². The summed E-state index contributed by atoms with van der Waals surface area (Å²) in [4.78, 5) is 4.10. The molecule has 5 heteroatoms. The maximum Gasteiger partial charge on any atom is 0.0550 e. The largest absolute Gasteiger partial charge is 0.325 e. The number of halogens is 3. The number of aryl methyl sites for hydroxylation is 1. The predicted octanol–water partition coefficient (Wildman–Crippen LogP) is 2.77. The highest BCUT2D eigenvalue weighted by Gasteiger charge is 1.95. The van der Waals surface area contributed by atoms with Crippen molar-refractivity contribution in [3.8, 4) is 0 Å². The first-order valence-corrected chi connectivity index (χ1v) is 3.84. The van der Waals surface area contributed by atoms with E-state index in [1.54, 1.807) is 0 Å². The zero-order chi connectivity index (χ0) is 7.56. The summed E-state index contributed by atoms with van der Waals surface area (Å²) in [7, 11) is 0. The summed E-state index contributed by atoms with van der Waals surface area (Å²) in [6, 6.07) is 1.94. The standard InChI is InChI=1S/C7H9BrN2.2BrH/c1-5-4-10-6(3-9)2-7(5)8;;/h2,4H,3,9H2,1H3;2*1H. The lowest BCUT2D eigenvalue weighted by Gasteiger charge is -1.98. The molecule has 1 aromatic rings. The summed E-state index contributed by atoms with van der Waals surface area (Å²) in [6.45, 7) is 2.50. The van der Waals surface area contributed by atoms with Crippen molar-refractivity contribution in [2.24, 2.45) is 5.73 Å². The van der Waals surface area contributed by atoms with Crippen molar-refractivity contribution in [3.05, 3.63) is 28.0 Å². The van der Waals surface area contributed by atoms with Gasteiger partial charge in [0.2, 0.25) is 0 Å². The van der Waals surface area contributed by atoms with E-state index in [1.165, 1.54) is 0 Å². The van der Waals surface area contributed by atoms with Gasteiger partial charge in [0.25, 0.3) is 0 Å². The van der Waals surface area contributed by atoms with E-state index in [0.29, 0.717) is 6.54 Å². The van der Waals surface area contributed by atoms with Gasteiger partial charge in [-0.1, -0.05) is 15.9 Å². The van der Waals surface area contributed by atoms with Crippen molar-refractivity contribution in [1.29, 1.82) is 0 Å². The number of hydrogen-bond donors (Lipinski definition) is 1. The highest BCUT2D eigenvalue weighted by Crippen LogP contribution is 2.14. The topological polar surface area (TPSA) is 38.9 Å². The zero-order valence-electron chi connectivity index (χ0n) is 6.58. The Kier molecular flexibility index (Phi) is 8.78. The number of aromatic nitrogens is 1. The average Bonchev–Trinajstić information content (AvgIpc) is 1.95. The summed E-state index contributed by atoms with van der Waals surface area (Å²) in [6.07, 6.45) is 1.81. The minimum Gasteiger partial charge on any atom is -0.325 e. The van der Waals surface area contributed by atoms with Crippen LogP contribution in [0.3, 0.4) is 0 Å². The molecule has 1 heterocycles. The molecule has 0 amide bonds. The second kappa shape index (κ2) is 7.00. The first kappa shape index (κ1) is 15.0. The molecule has 0 aromatic carbocycles. The van der Waals surface area contributed by atoms with Crippen LogP contribution in [0.1, 0.15) is 11.3 Å². The fourth-order valence-corrected chi connectivity index (χ4v) is 1.02. The van der Waals surface area contributed by atoms with Crippen LogP contribution in [0.4, 0.5) is 0 Å². The highest BCUT2D eigenvalue weighted by atomic mass is 79.9. The number of hydrogen-bond acceptors (Lipinski definition) is 2. The van der Waals surface area contributed by atoms with Crippen molar-refractivity contribution in [1.82, 2.24) is 4.98 Å². The van der Waals surface area contributed by atoms with Crippen LogP contribution < -0.4 is 5.73 Å². The molecule has 0 aliphatic rings. The lowest BCUT2D eigenvalue weighted by Crippen LogP contribution is -1.99. The fraction of sp³-hybridized carbons (Fsp3) is 0.286. The van der Waals surface area contributed by atoms with Crippen LogP contribution in [0.25, 0.3) is 0 Å². The van der Waals surface area contributed by atoms with E-state index in [-0.39, 0.29) is 34.0 Å². The van der Waals surface area contributed by atoms with E-state index >= 15 is 0 Å². The number of nitrogens with zero attached hydrogens (tertiary/aromatic N) is 1. The second-order valence-electron chi connectivity index (χ2n) is 2.13. The van der Waals surface area contributed by atoms with Crippen LogP contribution in [0.5, 0.6) is 0 Å². The van der Waals surface area contributed by atoms with Gasteiger partial charge in [-0.3, -0.25) is 4.98 Å². The summed E-state index contributed by atoms with van der Waals surface area (Å²) in [5, 5.41) is 0. The number of rotatable bonds is 1. The Morgan fingerprint density at radius 1 is 1.50 bits per heavy atom. The lowest BCUT2D eigenvalue weighted by atomic mass is 10.3. The Morgan fingerprint density at radius 3 is 2.50 bits per heavy atom. The van der Waals surface area contributed by atoms with E-state index < -0.39 is 0 Å². The van der Waals surface area contributed by atoms with Gasteiger partial charge in [-0.2, -0.15) is 0 Å². The Morgan fingerprint density at radius 2 is 2.08 bits per heavy atom. The van der Waals surface area contributed by atoms with Gasteiger partial charge in [-0.05, 0) is 18.6 Å². The fourth-order valence-electron chi connectivity index (χ4n) is 0.650. The van der Waals surface area contributed by atoms with Crippen LogP contribution in [0, 0.1) is 6.92 Å². The van der Waals surface area contributed by atoms with Gasteiger partial charge in [-0.15, -0.1) is 34.0 Å². The molecule has 1 rings (SSSR count). The molecule has 0 radical (unpaired) electrons. The van der Waals surface area contributed by atoms with E-state index in [2.05, 4.69) is 20.9 Å². The smallest absolute Gasteiger partial charge is 0.0550 e. The molecule has 70 valence electrons. The maximum atomic E-state index is 5.39. The first-order chi connectivity index (χ1) is 4.74. The summed E-state index contributed by atoms with van der Waals surface area (Å²) in [5.74, 6) is 0. The van der Waals surface area contributed by atoms with Gasteiger partial charge in [0.1, 0.15) is 0 Å². The Hall–Kier alpha value is 0.550. The molecule has 1 aromatic heterocycles. The molecule has 0 saturated heterocycles. The molecule has 0 aliphatic heterocycles. The minimum absolute atomic E-state index is 0. The molecule has 0 atom stereocenters. The van der Waals surface area contributed by atoms with Gasteiger partial charge in [-0.25, -0.2) is 0 Å². The molecule has 0 spiro atoms. The molecular formula is C7H11Br3N2. The summed E-state index contributed by atoms with van der Waals surface area (Å²) in [5.41, 5.74) is 7.44. The van der Waals surface area contributed by atoms with Crippen molar-refractivity contribution < 1.29 is 0 Å². The quantitative estimate of drug-likeness (QED) is 0.834. The third-order valence-electron chi connectivity index (χ3n) is 1.30. The SMILES string of the molecule is Br.Br.Cc1cnc(CN)cc1Br. The molecular weight excluding hydrogens is 352 g/mol. The number of nitrogens with two attached hydrogens (primary N) is 1. The monoisotopic (exact) mass is 360 g/mol. The molecule has 2 nitrogen and oxygen atoms in total. The summed E-state index contributed by atoms with van der Waals surface area (Å²) >= 11 is 3.39. The maximum absolute atomic E-state index is 5.39. The molecule has 2 N–H and O–H groups in total. The first-order valence-electron chi connectivity index (χ1n) is 3.05. The van der Waals surface area contributed by atoms with E-state index in [9.17, 15) is 0 Å². The lowest BCUT2D eigenvalue weighted by molar-refractivity contribution is 0.980. The van der Waals surface area contributed by atoms with Gasteiger partial charge in [0.15, 0.2) is 0 Å². The molecule has 0 aliphatic carbocycles. The second-order valence-corrected chi connectivity index (χ2v) is 2.98. The molecule has 0 unspecified atom stereocenters. The Balaban J connectivity index is 0. The van der Waals surface area contributed by atoms with Crippen molar-refractivity contribution in [3.63, 3.8) is 0 Å². The average molecular weight is 363 g/mol. The van der Waals surface area contributed by atoms with E-state index in [1.807, 2.05) is 19.2 Å². The van der Waals surface area contributed by atoms with Gasteiger partial charge >= 0.3 is 0 Å². The molecule has 12 heavy (non-hydrogen) atoms. The van der Waals surface area contributed by atoms with Gasteiger partial charge in [0.05, 0.1) is 5.69 Å². The highest BCUT2D eigenvalue weighted by molar-refractivity contribution is 9.10. The van der Waals surface area contributed by atoms with Crippen molar-refractivity contribution in [2.45, 2.75) is 13.5 Å². The van der Waals surface area contributed by atoms with E-state index in [0.717, 1.165) is 15.7 Å². The predicted molar refractivity (Wildman–Crippen MR) is 65.2 cm³/mol. The molecule has 0 bridgehead atoms. The minimum atomic E-state index is 0. The Labute approximate surface area is 102 Å². The summed E-state index contributed by atoms with van der Waals surface area (Å²) < 4.78 is 1.07. The van der Waals surface area contributed by atoms with Gasteiger partial charge in [0, 0.05) is 17.2 Å². The van der Waals surface area contributed by atoms with E-state index in [4.69, 9.17) is 5.73 Å². The normalized spacial score (nSPS) is 8.25. The van der Waals surface area contributed by atoms with Crippen LogP contribution in [0.15, 0.2) is 16.7 Å². The van der Waals surface area contributed by atoms with Gasteiger partial charge < -0.3 is 5.73 Å². The Bertz CT molecular complexity index is 240.